The highest BCUT2D eigenvalue weighted by atomic mass is 16.7. The Bertz CT molecular complexity index is 1510. The molecule has 0 spiro atoms. The van der Waals surface area contributed by atoms with Crippen LogP contribution in [0.5, 0.6) is 28.7 Å². The number of hydrogen-bond acceptors (Lipinski definition) is 16. The monoisotopic (exact) mass is 596 g/mol. The molecule has 0 amide bonds. The Morgan fingerprint density at radius 3 is 2.21 bits per heavy atom. The number of aromatic hydroxyl groups is 4. The molecule has 0 bridgehead atoms. The summed E-state index contributed by atoms with van der Waals surface area (Å²) in [6.45, 7) is -0.970. The Hall–Kier alpha value is -3.71. The summed E-state index contributed by atoms with van der Waals surface area (Å²) >= 11 is 0. The van der Waals surface area contributed by atoms with Crippen molar-refractivity contribution in [1.82, 2.24) is 0 Å². The fraction of sp³-hybridized carbons (Fsp3) is 0.423. The Morgan fingerprint density at radius 1 is 0.786 bits per heavy atom. The minimum absolute atomic E-state index is 0.0305. The lowest BCUT2D eigenvalue weighted by molar-refractivity contribution is -0.307. The molecule has 16 nitrogen and oxygen atoms in total. The van der Waals surface area contributed by atoms with Gasteiger partial charge in [0.2, 0.25) is 17.5 Å². The zero-order valence-electron chi connectivity index (χ0n) is 21.4. The average Bonchev–Trinajstić information content (AvgIpc) is 2.94. The highest BCUT2D eigenvalue weighted by molar-refractivity contribution is 5.88. The summed E-state index contributed by atoms with van der Waals surface area (Å²) in [5.41, 5.74) is -1.35. The van der Waals surface area contributed by atoms with Gasteiger partial charge in [-0.1, -0.05) is 0 Å². The molecule has 2 aliphatic rings. The summed E-state index contributed by atoms with van der Waals surface area (Å²) in [5.74, 6) is -3.33. The van der Waals surface area contributed by atoms with Crippen LogP contribution in [-0.2, 0) is 14.2 Å². The molecule has 3 aromatic rings. The molecule has 9 atom stereocenters. The summed E-state index contributed by atoms with van der Waals surface area (Å²) in [6, 6.07) is 5.23. The van der Waals surface area contributed by atoms with Crippen LogP contribution in [0.4, 0.5) is 0 Å². The number of phenolic OH excluding ortho intramolecular Hbond substituents is 4. The van der Waals surface area contributed by atoms with Gasteiger partial charge in [-0.2, -0.15) is 0 Å². The van der Waals surface area contributed by atoms with Gasteiger partial charge in [0, 0.05) is 17.7 Å². The molecule has 2 fully saturated rings. The van der Waals surface area contributed by atoms with Crippen molar-refractivity contribution in [3.63, 3.8) is 0 Å². The molecule has 0 unspecified atom stereocenters. The first-order valence-corrected chi connectivity index (χ1v) is 12.6. The van der Waals surface area contributed by atoms with E-state index in [1.54, 1.807) is 0 Å². The number of ether oxygens (including phenoxy) is 4. The minimum Gasteiger partial charge on any atom is -0.508 e. The number of benzene rings is 2. The maximum absolute atomic E-state index is 13.5. The van der Waals surface area contributed by atoms with Crippen molar-refractivity contribution in [3.05, 3.63) is 40.6 Å². The van der Waals surface area contributed by atoms with Gasteiger partial charge in [-0.3, -0.25) is 4.79 Å². The van der Waals surface area contributed by atoms with Crippen molar-refractivity contribution < 1.29 is 74.4 Å². The molecule has 2 saturated heterocycles. The molecule has 0 aliphatic carbocycles. The molecule has 1 aromatic heterocycles. The van der Waals surface area contributed by atoms with Crippen molar-refractivity contribution in [3.8, 4) is 40.1 Å². The van der Waals surface area contributed by atoms with Crippen LogP contribution in [0.15, 0.2) is 39.5 Å². The van der Waals surface area contributed by atoms with Gasteiger partial charge in [0.25, 0.3) is 0 Å². The van der Waals surface area contributed by atoms with Gasteiger partial charge in [-0.25, -0.2) is 0 Å². The lowest BCUT2D eigenvalue weighted by atomic mass is 9.99. The highest BCUT2D eigenvalue weighted by Crippen LogP contribution is 2.39. The normalized spacial score (nSPS) is 31.7. The molecule has 3 heterocycles. The van der Waals surface area contributed by atoms with E-state index in [0.717, 1.165) is 24.3 Å². The van der Waals surface area contributed by atoms with Crippen molar-refractivity contribution in [1.29, 1.82) is 0 Å². The lowest BCUT2D eigenvalue weighted by Crippen LogP contribution is -2.61. The van der Waals surface area contributed by atoms with Crippen LogP contribution in [0.3, 0.4) is 0 Å². The van der Waals surface area contributed by atoms with Crippen molar-refractivity contribution in [2.45, 2.75) is 55.3 Å². The van der Waals surface area contributed by atoms with E-state index in [-0.39, 0.29) is 17.8 Å². The fourth-order valence-electron chi connectivity index (χ4n) is 4.61. The zero-order chi connectivity index (χ0) is 30.5. The smallest absolute Gasteiger partial charge is 0.239 e. The average molecular weight is 596 g/mol. The van der Waals surface area contributed by atoms with Gasteiger partial charge in [-0.05, 0) is 18.2 Å². The largest absolute Gasteiger partial charge is 0.508 e. The summed E-state index contributed by atoms with van der Waals surface area (Å²) < 4.78 is 27.5. The predicted molar refractivity (Wildman–Crippen MR) is 136 cm³/mol. The summed E-state index contributed by atoms with van der Waals surface area (Å²) in [4.78, 5) is 13.5. The van der Waals surface area contributed by atoms with E-state index in [1.807, 2.05) is 0 Å². The summed E-state index contributed by atoms with van der Waals surface area (Å²) in [5, 5.41) is 101. The molecule has 10 N–H and O–H groups in total. The van der Waals surface area contributed by atoms with E-state index in [1.165, 1.54) is 6.07 Å². The van der Waals surface area contributed by atoms with Gasteiger partial charge in [0.1, 0.15) is 65.2 Å². The Balaban J connectivity index is 1.48. The first-order valence-electron chi connectivity index (χ1n) is 12.6. The Morgan fingerprint density at radius 2 is 1.50 bits per heavy atom. The van der Waals surface area contributed by atoms with Crippen LogP contribution in [-0.4, -0.2) is 120 Å². The van der Waals surface area contributed by atoms with Crippen LogP contribution in [0.1, 0.15) is 0 Å². The molecular weight excluding hydrogens is 568 g/mol. The lowest BCUT2D eigenvalue weighted by Gasteiger charge is -2.41. The topological polar surface area (TPSA) is 269 Å². The van der Waals surface area contributed by atoms with Gasteiger partial charge < -0.3 is 74.4 Å². The molecule has 228 valence electrons. The van der Waals surface area contributed by atoms with E-state index >= 15 is 0 Å². The predicted octanol–water partition coefficient (Wildman–Crippen LogP) is -2.08. The Kier molecular flexibility index (Phi) is 8.17. The molecule has 2 aliphatic heterocycles. The third-order valence-corrected chi connectivity index (χ3v) is 6.94. The second-order valence-electron chi connectivity index (χ2n) is 9.85. The number of aliphatic hydroxyl groups excluding tert-OH is 6. The molecular formula is C26H28O16. The van der Waals surface area contributed by atoms with Crippen molar-refractivity contribution >= 4 is 11.0 Å². The molecule has 2 aromatic carbocycles. The van der Waals surface area contributed by atoms with Crippen LogP contribution < -0.4 is 10.2 Å². The number of phenols is 4. The third kappa shape index (κ3) is 5.42. The first kappa shape index (κ1) is 29.8. The maximum Gasteiger partial charge on any atom is 0.239 e. The van der Waals surface area contributed by atoms with Gasteiger partial charge in [0.15, 0.2) is 23.5 Å². The van der Waals surface area contributed by atoms with Gasteiger partial charge >= 0.3 is 0 Å². The minimum atomic E-state index is -1.96. The SMILES string of the molecule is O=c1c(O[C@H]2O[C@H](CO[C@H]3OC[C@H](O)[C@@H](O)[C@H]3O)[C@H](O)[C@@H](O)[C@H]2O)c(-c2ccc(O)c(O)c2)oc2cc(O)cc(O)c12. The number of fused-ring (bicyclic) bond motifs is 1. The molecule has 0 saturated carbocycles. The standard InChI is InChI=1S/C26H28O16/c27-9-4-12(30)16-14(5-9)40-23(8-1-2-10(28)11(29)3-8)24(19(16)34)42-26-22(37)20(35)18(33)15(41-26)7-39-25-21(36)17(32)13(31)6-38-25/h1-5,13,15,17-18,20-22,25-33,35-37H,6-7H2/t13-,15+,17+,18-,20+,21+,22+,25+,26+/m0/s1. The Labute approximate surface area is 235 Å². The second-order valence-corrected chi connectivity index (χ2v) is 9.85. The van der Waals surface area contributed by atoms with Crippen LogP contribution >= 0.6 is 0 Å². The summed E-state index contributed by atoms with van der Waals surface area (Å²) in [7, 11) is 0. The van der Waals surface area contributed by atoms with Crippen LogP contribution in [0.25, 0.3) is 22.3 Å². The van der Waals surface area contributed by atoms with E-state index in [2.05, 4.69) is 0 Å². The highest BCUT2D eigenvalue weighted by Gasteiger charge is 2.47. The van der Waals surface area contributed by atoms with E-state index < -0.39 is 107 Å². The summed E-state index contributed by atoms with van der Waals surface area (Å²) in [6.07, 6.45) is -15.1. The van der Waals surface area contributed by atoms with Gasteiger partial charge in [0.05, 0.1) is 13.2 Å². The maximum atomic E-state index is 13.5. The number of rotatable bonds is 6. The van der Waals surface area contributed by atoms with E-state index in [4.69, 9.17) is 23.4 Å². The van der Waals surface area contributed by atoms with Crippen molar-refractivity contribution in [2.24, 2.45) is 0 Å². The second kappa shape index (κ2) is 11.5. The van der Waals surface area contributed by atoms with Crippen molar-refractivity contribution in [2.75, 3.05) is 13.2 Å². The fourth-order valence-corrected chi connectivity index (χ4v) is 4.61. The van der Waals surface area contributed by atoms with Crippen LogP contribution in [0, 0.1) is 0 Å². The quantitative estimate of drug-likeness (QED) is 0.137. The molecule has 16 heteroatoms. The molecule has 0 radical (unpaired) electrons. The number of aliphatic hydroxyl groups is 6. The van der Waals surface area contributed by atoms with E-state index in [0.29, 0.717) is 0 Å². The van der Waals surface area contributed by atoms with E-state index in [9.17, 15) is 55.9 Å². The molecule has 5 rings (SSSR count). The molecule has 42 heavy (non-hydrogen) atoms. The third-order valence-electron chi connectivity index (χ3n) is 6.94. The number of hydrogen-bond donors (Lipinski definition) is 10. The van der Waals surface area contributed by atoms with Crippen LogP contribution in [0.2, 0.25) is 0 Å². The first-order chi connectivity index (χ1) is 19.9. The zero-order valence-corrected chi connectivity index (χ0v) is 21.4. The van der Waals surface area contributed by atoms with Gasteiger partial charge in [-0.15, -0.1) is 0 Å².